The van der Waals surface area contributed by atoms with Crippen molar-refractivity contribution in [3.05, 3.63) is 42.2 Å². The molecule has 0 aliphatic carbocycles. The van der Waals surface area contributed by atoms with Crippen LogP contribution in [0.5, 0.6) is 0 Å². The first-order chi connectivity index (χ1) is 8.16. The molecule has 0 unspecified atom stereocenters. The number of hydrogen-bond acceptors (Lipinski definition) is 3. The number of nitrogens with two attached hydrogens (primary N) is 1. The minimum atomic E-state index is 0.481. The largest absolute Gasteiger partial charge is 0.382 e. The molecular weight excluding hydrogens is 210 g/mol. The summed E-state index contributed by atoms with van der Waals surface area (Å²) in [6.07, 6.45) is 4.34. The number of nitrogen functional groups attached to an aromatic ring is 1. The Balaban J connectivity index is 2.37. The Kier molecular flexibility index (Phi) is 3.38. The standard InChI is InChI=1S/C14H17N3/c1-10(2)8-11-4-3-5-12(9-11)13-14(15)17-7-6-16-13/h3-7,9-10H,8H2,1-2H3,(H2,15,17). The molecule has 2 N–H and O–H groups in total. The van der Waals surface area contributed by atoms with Crippen LogP contribution in [0.15, 0.2) is 36.7 Å². The molecule has 0 atom stereocenters. The lowest BCUT2D eigenvalue weighted by Crippen LogP contribution is -1.98. The molecule has 1 heterocycles. The summed E-state index contributed by atoms with van der Waals surface area (Å²) >= 11 is 0. The van der Waals surface area contributed by atoms with E-state index in [9.17, 15) is 0 Å². The maximum absolute atomic E-state index is 5.83. The summed E-state index contributed by atoms with van der Waals surface area (Å²) in [5.74, 6) is 1.12. The van der Waals surface area contributed by atoms with E-state index in [-0.39, 0.29) is 0 Å². The van der Waals surface area contributed by atoms with Gasteiger partial charge < -0.3 is 5.73 Å². The second-order valence-electron chi connectivity index (χ2n) is 4.59. The first-order valence-electron chi connectivity index (χ1n) is 5.82. The monoisotopic (exact) mass is 227 g/mol. The molecule has 0 radical (unpaired) electrons. The molecule has 2 aromatic rings. The van der Waals surface area contributed by atoms with Gasteiger partial charge in [-0.2, -0.15) is 0 Å². The second-order valence-corrected chi connectivity index (χ2v) is 4.59. The SMILES string of the molecule is CC(C)Cc1cccc(-c2nccnc2N)c1. The van der Waals surface area contributed by atoms with Gasteiger partial charge in [-0.25, -0.2) is 4.98 Å². The van der Waals surface area contributed by atoms with E-state index >= 15 is 0 Å². The van der Waals surface area contributed by atoms with E-state index < -0.39 is 0 Å². The summed E-state index contributed by atoms with van der Waals surface area (Å²) in [4.78, 5) is 8.34. The zero-order valence-electron chi connectivity index (χ0n) is 10.2. The van der Waals surface area contributed by atoms with Gasteiger partial charge in [-0.15, -0.1) is 0 Å². The third-order valence-corrected chi connectivity index (χ3v) is 2.57. The number of hydrogen-bond donors (Lipinski definition) is 1. The van der Waals surface area contributed by atoms with E-state index in [0.717, 1.165) is 17.7 Å². The van der Waals surface area contributed by atoms with Gasteiger partial charge in [0.2, 0.25) is 0 Å². The van der Waals surface area contributed by atoms with E-state index in [2.05, 4.69) is 35.9 Å². The van der Waals surface area contributed by atoms with Crippen molar-refractivity contribution in [3.8, 4) is 11.3 Å². The molecule has 0 spiro atoms. The van der Waals surface area contributed by atoms with Gasteiger partial charge in [-0.3, -0.25) is 4.98 Å². The van der Waals surface area contributed by atoms with Crippen molar-refractivity contribution in [2.24, 2.45) is 5.92 Å². The average molecular weight is 227 g/mol. The highest BCUT2D eigenvalue weighted by Gasteiger charge is 2.06. The molecule has 2 rings (SSSR count). The Morgan fingerprint density at radius 1 is 1.18 bits per heavy atom. The number of rotatable bonds is 3. The lowest BCUT2D eigenvalue weighted by atomic mass is 10.00. The molecule has 17 heavy (non-hydrogen) atoms. The second kappa shape index (κ2) is 4.95. The molecule has 0 bridgehead atoms. The molecule has 0 aliphatic heterocycles. The predicted octanol–water partition coefficient (Wildman–Crippen LogP) is 2.92. The third kappa shape index (κ3) is 2.81. The minimum Gasteiger partial charge on any atom is -0.382 e. The Morgan fingerprint density at radius 3 is 2.65 bits per heavy atom. The van der Waals surface area contributed by atoms with E-state index in [4.69, 9.17) is 5.73 Å². The van der Waals surface area contributed by atoms with Crippen LogP contribution in [0.4, 0.5) is 5.82 Å². The van der Waals surface area contributed by atoms with Crippen molar-refractivity contribution in [2.45, 2.75) is 20.3 Å². The first kappa shape index (κ1) is 11.6. The number of anilines is 1. The third-order valence-electron chi connectivity index (χ3n) is 2.57. The van der Waals surface area contributed by atoms with E-state index in [1.807, 2.05) is 12.1 Å². The smallest absolute Gasteiger partial charge is 0.149 e. The van der Waals surface area contributed by atoms with Crippen LogP contribution in [0.25, 0.3) is 11.3 Å². The van der Waals surface area contributed by atoms with Crippen molar-refractivity contribution < 1.29 is 0 Å². The van der Waals surface area contributed by atoms with Crippen LogP contribution in [0.1, 0.15) is 19.4 Å². The van der Waals surface area contributed by atoms with Crippen LogP contribution in [-0.4, -0.2) is 9.97 Å². The van der Waals surface area contributed by atoms with E-state index in [0.29, 0.717) is 11.7 Å². The molecule has 0 saturated heterocycles. The summed E-state index contributed by atoms with van der Waals surface area (Å²) in [7, 11) is 0. The number of nitrogens with zero attached hydrogens (tertiary/aromatic N) is 2. The molecule has 88 valence electrons. The van der Waals surface area contributed by atoms with Gasteiger partial charge >= 0.3 is 0 Å². The Labute approximate surface area is 102 Å². The van der Waals surface area contributed by atoms with Crippen LogP contribution in [-0.2, 0) is 6.42 Å². The van der Waals surface area contributed by atoms with Crippen molar-refractivity contribution in [3.63, 3.8) is 0 Å². The highest BCUT2D eigenvalue weighted by Crippen LogP contribution is 2.23. The van der Waals surface area contributed by atoms with Gasteiger partial charge in [0.25, 0.3) is 0 Å². The minimum absolute atomic E-state index is 0.481. The van der Waals surface area contributed by atoms with Gasteiger partial charge in [0.05, 0.1) is 0 Å². The maximum atomic E-state index is 5.83. The topological polar surface area (TPSA) is 51.8 Å². The lowest BCUT2D eigenvalue weighted by molar-refractivity contribution is 0.647. The Morgan fingerprint density at radius 2 is 1.94 bits per heavy atom. The van der Waals surface area contributed by atoms with E-state index in [1.165, 1.54) is 5.56 Å². The van der Waals surface area contributed by atoms with E-state index in [1.54, 1.807) is 12.4 Å². The fourth-order valence-electron chi connectivity index (χ4n) is 1.89. The lowest BCUT2D eigenvalue weighted by Gasteiger charge is -2.08. The molecule has 0 fully saturated rings. The normalized spacial score (nSPS) is 10.8. The first-order valence-corrected chi connectivity index (χ1v) is 5.82. The molecule has 1 aromatic heterocycles. The quantitative estimate of drug-likeness (QED) is 0.877. The summed E-state index contributed by atoms with van der Waals surface area (Å²) < 4.78 is 0. The zero-order valence-corrected chi connectivity index (χ0v) is 10.2. The molecule has 3 nitrogen and oxygen atoms in total. The van der Waals surface area contributed by atoms with Crippen molar-refractivity contribution >= 4 is 5.82 Å². The molecule has 3 heteroatoms. The van der Waals surface area contributed by atoms with Gasteiger partial charge in [-0.05, 0) is 24.0 Å². The summed E-state index contributed by atoms with van der Waals surface area (Å²) in [6, 6.07) is 8.34. The van der Waals surface area contributed by atoms with Gasteiger partial charge in [0.15, 0.2) is 0 Å². The zero-order chi connectivity index (χ0) is 12.3. The molecular formula is C14H17N3. The Bertz CT molecular complexity index is 506. The van der Waals surface area contributed by atoms with Gasteiger partial charge in [0, 0.05) is 18.0 Å². The van der Waals surface area contributed by atoms with Crippen LogP contribution in [0.3, 0.4) is 0 Å². The van der Waals surface area contributed by atoms with Crippen LogP contribution >= 0.6 is 0 Å². The number of aromatic nitrogens is 2. The van der Waals surface area contributed by atoms with Crippen LogP contribution < -0.4 is 5.73 Å². The van der Waals surface area contributed by atoms with Crippen molar-refractivity contribution in [1.82, 2.24) is 9.97 Å². The fraction of sp³-hybridized carbons (Fsp3) is 0.286. The number of benzene rings is 1. The highest BCUT2D eigenvalue weighted by molar-refractivity contribution is 5.69. The molecule has 1 aromatic carbocycles. The molecule has 0 aliphatic rings. The van der Waals surface area contributed by atoms with Crippen molar-refractivity contribution in [1.29, 1.82) is 0 Å². The molecule has 0 saturated carbocycles. The van der Waals surface area contributed by atoms with Crippen LogP contribution in [0.2, 0.25) is 0 Å². The van der Waals surface area contributed by atoms with Gasteiger partial charge in [-0.1, -0.05) is 32.0 Å². The summed E-state index contributed by atoms with van der Waals surface area (Å²) in [6.45, 7) is 4.42. The molecule has 0 amide bonds. The van der Waals surface area contributed by atoms with Gasteiger partial charge in [0.1, 0.15) is 11.5 Å². The average Bonchev–Trinajstić information content (AvgIpc) is 2.29. The van der Waals surface area contributed by atoms with Crippen LogP contribution in [0, 0.1) is 5.92 Å². The highest BCUT2D eigenvalue weighted by atomic mass is 14.9. The Hall–Kier alpha value is -1.90. The fourth-order valence-corrected chi connectivity index (χ4v) is 1.89. The summed E-state index contributed by atoms with van der Waals surface area (Å²) in [5, 5.41) is 0. The predicted molar refractivity (Wildman–Crippen MR) is 70.4 cm³/mol. The van der Waals surface area contributed by atoms with Crippen molar-refractivity contribution in [2.75, 3.05) is 5.73 Å². The maximum Gasteiger partial charge on any atom is 0.149 e. The summed E-state index contributed by atoms with van der Waals surface area (Å²) in [5.41, 5.74) is 8.94.